The minimum absolute atomic E-state index is 0.0512. The van der Waals surface area contributed by atoms with Crippen LogP contribution in [0.4, 0.5) is 0 Å². The highest BCUT2D eigenvalue weighted by Crippen LogP contribution is 2.47. The summed E-state index contributed by atoms with van der Waals surface area (Å²) >= 11 is 0. The Morgan fingerprint density at radius 3 is 2.05 bits per heavy atom. The highest BCUT2D eigenvalue weighted by Gasteiger charge is 2.29. The molecule has 2 aromatic rings. The van der Waals surface area contributed by atoms with Gasteiger partial charge in [-0.15, -0.1) is 0 Å². The van der Waals surface area contributed by atoms with Crippen LogP contribution in [0.3, 0.4) is 0 Å². The summed E-state index contributed by atoms with van der Waals surface area (Å²) < 4.78 is 34.5. The van der Waals surface area contributed by atoms with E-state index >= 15 is 0 Å². The average molecular weight is 533 g/mol. The number of benzene rings is 2. The first-order chi connectivity index (χ1) is 18.0. The Morgan fingerprint density at radius 2 is 1.50 bits per heavy atom. The van der Waals surface area contributed by atoms with Crippen LogP contribution in [0.25, 0.3) is 0 Å². The summed E-state index contributed by atoms with van der Waals surface area (Å²) in [6.07, 6.45) is -0.242. The van der Waals surface area contributed by atoms with Gasteiger partial charge in [-0.3, -0.25) is 4.79 Å². The number of carbonyl (C=O) groups is 1. The number of hydrogen-bond donors (Lipinski definition) is 1. The number of ketones is 1. The van der Waals surface area contributed by atoms with Crippen molar-refractivity contribution in [3.05, 3.63) is 41.5 Å². The van der Waals surface area contributed by atoms with Crippen molar-refractivity contribution in [2.24, 2.45) is 0 Å². The molecule has 0 spiro atoms. The highest BCUT2D eigenvalue weighted by molar-refractivity contribution is 6.03. The summed E-state index contributed by atoms with van der Waals surface area (Å²) in [5, 5.41) is 10.8. The van der Waals surface area contributed by atoms with Crippen LogP contribution in [0.15, 0.2) is 30.3 Å². The maximum atomic E-state index is 13.6. The predicted octanol–water partition coefficient (Wildman–Crippen LogP) is 6.00. The van der Waals surface area contributed by atoms with Crippen LogP contribution in [0.2, 0.25) is 0 Å². The molecule has 0 saturated heterocycles. The fourth-order valence-corrected chi connectivity index (χ4v) is 3.80. The second kappa shape index (κ2) is 15.4. The van der Waals surface area contributed by atoms with Crippen LogP contribution in [0, 0.1) is 0 Å². The molecule has 2 rings (SSSR count). The lowest BCUT2D eigenvalue weighted by molar-refractivity contribution is 0.0213. The molecule has 1 atom stereocenters. The van der Waals surface area contributed by atoms with Gasteiger partial charge in [-0.05, 0) is 79.0 Å². The van der Waals surface area contributed by atoms with Gasteiger partial charge < -0.3 is 33.5 Å². The minimum atomic E-state index is -0.863. The van der Waals surface area contributed by atoms with Gasteiger partial charge in [0, 0.05) is 19.1 Å². The third-order valence-corrected chi connectivity index (χ3v) is 5.35. The number of ether oxygens (including phenoxy) is 6. The Morgan fingerprint density at radius 1 is 0.868 bits per heavy atom. The normalized spacial score (nSPS) is 12.1. The van der Waals surface area contributed by atoms with Crippen LogP contribution in [0.1, 0.15) is 77.2 Å². The monoisotopic (exact) mass is 532 g/mol. The molecule has 8 heteroatoms. The van der Waals surface area contributed by atoms with Crippen LogP contribution in [-0.2, 0) is 11.2 Å². The van der Waals surface area contributed by atoms with Gasteiger partial charge in [0.15, 0.2) is 24.1 Å². The number of hydrogen-bond acceptors (Lipinski definition) is 8. The SMILES string of the molecule is CCOCOc1cc(OC(C)C)c(OC)c(OC(C)C)c1C(=O)CC(O)CCc1ccc(OC(C)C)cc1. The molecule has 0 bridgehead atoms. The van der Waals surface area contributed by atoms with Crippen molar-refractivity contribution >= 4 is 5.78 Å². The van der Waals surface area contributed by atoms with Gasteiger partial charge in [-0.2, -0.15) is 0 Å². The van der Waals surface area contributed by atoms with Crippen molar-refractivity contribution < 1.29 is 38.3 Å². The average Bonchev–Trinajstić information content (AvgIpc) is 2.82. The van der Waals surface area contributed by atoms with E-state index in [1.165, 1.54) is 7.11 Å². The maximum absolute atomic E-state index is 13.6. The van der Waals surface area contributed by atoms with Gasteiger partial charge in [-0.25, -0.2) is 0 Å². The van der Waals surface area contributed by atoms with E-state index < -0.39 is 6.10 Å². The van der Waals surface area contributed by atoms with E-state index in [2.05, 4.69) is 0 Å². The number of aliphatic hydroxyl groups excluding tert-OH is 1. The van der Waals surface area contributed by atoms with Gasteiger partial charge in [0.25, 0.3) is 0 Å². The van der Waals surface area contributed by atoms with Crippen molar-refractivity contribution in [2.75, 3.05) is 20.5 Å². The Hall–Kier alpha value is -2.97. The van der Waals surface area contributed by atoms with Gasteiger partial charge >= 0.3 is 0 Å². The van der Waals surface area contributed by atoms with E-state index in [0.717, 1.165) is 11.3 Å². The van der Waals surface area contributed by atoms with E-state index in [4.69, 9.17) is 28.4 Å². The fourth-order valence-electron chi connectivity index (χ4n) is 3.80. The number of Topliss-reactive ketones (excluding diaryl/α,β-unsaturated/α-hetero) is 1. The number of carbonyl (C=O) groups excluding carboxylic acids is 1. The third-order valence-electron chi connectivity index (χ3n) is 5.35. The van der Waals surface area contributed by atoms with Gasteiger partial charge in [0.1, 0.15) is 17.1 Å². The molecule has 0 radical (unpaired) electrons. The smallest absolute Gasteiger partial charge is 0.204 e. The lowest BCUT2D eigenvalue weighted by Gasteiger charge is -2.23. The van der Waals surface area contributed by atoms with Crippen molar-refractivity contribution in [3.8, 4) is 28.7 Å². The van der Waals surface area contributed by atoms with Crippen molar-refractivity contribution in [3.63, 3.8) is 0 Å². The summed E-state index contributed by atoms with van der Waals surface area (Å²) in [5.41, 5.74) is 1.25. The molecule has 0 fully saturated rings. The maximum Gasteiger partial charge on any atom is 0.204 e. The van der Waals surface area contributed by atoms with E-state index in [-0.39, 0.29) is 54.4 Å². The lowest BCUT2D eigenvalue weighted by atomic mass is 9.98. The van der Waals surface area contributed by atoms with Crippen molar-refractivity contribution in [2.45, 2.75) is 92.1 Å². The molecule has 212 valence electrons. The standard InChI is InChI=1S/C30H44O8/c1-9-34-18-35-26-17-27(37-20(4)5)29(33-8)30(38-21(6)7)28(26)25(32)16-23(31)13-10-22-11-14-24(15-12-22)36-19(2)3/h11-12,14-15,17,19-21,23,31H,9-10,13,16,18H2,1-8H3. The predicted molar refractivity (Wildman–Crippen MR) is 147 cm³/mol. The molecule has 2 aromatic carbocycles. The van der Waals surface area contributed by atoms with E-state index in [0.29, 0.717) is 30.9 Å². The zero-order valence-electron chi connectivity index (χ0n) is 24.0. The quantitative estimate of drug-likeness (QED) is 0.151. The topological polar surface area (TPSA) is 92.7 Å². The van der Waals surface area contributed by atoms with Crippen molar-refractivity contribution in [1.82, 2.24) is 0 Å². The number of rotatable bonds is 17. The zero-order chi connectivity index (χ0) is 28.2. The highest BCUT2D eigenvalue weighted by atomic mass is 16.7. The summed E-state index contributed by atoms with van der Waals surface area (Å²) in [4.78, 5) is 13.6. The number of aryl methyl sites for hydroxylation is 1. The largest absolute Gasteiger partial charge is 0.491 e. The molecule has 0 aromatic heterocycles. The Labute approximate surface area is 227 Å². The van der Waals surface area contributed by atoms with Gasteiger partial charge in [-0.1, -0.05) is 12.1 Å². The van der Waals surface area contributed by atoms with E-state index in [1.807, 2.05) is 72.7 Å². The minimum Gasteiger partial charge on any atom is -0.491 e. The fraction of sp³-hybridized carbons (Fsp3) is 0.567. The molecule has 0 aliphatic carbocycles. The first-order valence-corrected chi connectivity index (χ1v) is 13.3. The molecule has 8 nitrogen and oxygen atoms in total. The first-order valence-electron chi connectivity index (χ1n) is 13.3. The van der Waals surface area contributed by atoms with E-state index in [9.17, 15) is 9.90 Å². The first kappa shape index (κ1) is 31.2. The molecule has 0 saturated carbocycles. The Balaban J connectivity index is 2.30. The molecule has 38 heavy (non-hydrogen) atoms. The molecule has 1 N–H and O–H groups in total. The molecule has 0 aliphatic rings. The second-order valence-electron chi connectivity index (χ2n) is 9.83. The van der Waals surface area contributed by atoms with Crippen molar-refractivity contribution in [1.29, 1.82) is 0 Å². The number of aliphatic hydroxyl groups is 1. The van der Waals surface area contributed by atoms with Crippen LogP contribution in [0.5, 0.6) is 28.7 Å². The zero-order valence-corrected chi connectivity index (χ0v) is 24.0. The summed E-state index contributed by atoms with van der Waals surface area (Å²) in [6, 6.07) is 9.39. The Kier molecular flexibility index (Phi) is 12.7. The summed E-state index contributed by atoms with van der Waals surface area (Å²) in [7, 11) is 1.50. The van der Waals surface area contributed by atoms with E-state index in [1.54, 1.807) is 6.07 Å². The Bertz CT molecular complexity index is 998. The lowest BCUT2D eigenvalue weighted by Crippen LogP contribution is -2.19. The molecule has 0 amide bonds. The second-order valence-corrected chi connectivity index (χ2v) is 9.83. The number of methoxy groups -OCH3 is 1. The molecule has 0 aliphatic heterocycles. The molecule has 0 heterocycles. The third kappa shape index (κ3) is 9.72. The van der Waals surface area contributed by atoms with Gasteiger partial charge in [0.2, 0.25) is 5.75 Å². The van der Waals surface area contributed by atoms with Gasteiger partial charge in [0.05, 0.1) is 31.5 Å². The van der Waals surface area contributed by atoms with Crippen LogP contribution >= 0.6 is 0 Å². The van der Waals surface area contributed by atoms with Crippen LogP contribution in [-0.4, -0.2) is 55.8 Å². The van der Waals surface area contributed by atoms with Crippen LogP contribution < -0.4 is 23.7 Å². The summed E-state index contributed by atoms with van der Waals surface area (Å²) in [6.45, 7) is 13.7. The summed E-state index contributed by atoms with van der Waals surface area (Å²) in [5.74, 6) is 1.66. The molecular formula is C30H44O8. The molecule has 1 unspecified atom stereocenters. The molecular weight excluding hydrogens is 488 g/mol.